The minimum absolute atomic E-state index is 0.0185. The van der Waals surface area contributed by atoms with Gasteiger partial charge in [-0.05, 0) is 190 Å². The maximum Gasteiger partial charge on any atom is 0.222 e. The lowest BCUT2D eigenvalue weighted by atomic mass is 9.41. The highest BCUT2D eigenvalue weighted by Crippen LogP contribution is 2.70. The van der Waals surface area contributed by atoms with Crippen molar-refractivity contribution < 1.29 is 14.4 Å². The molecule has 388 valence electrons. The molecule has 8 nitrogen and oxygen atoms in total. The lowest BCUT2D eigenvalue weighted by Crippen LogP contribution is -2.58. The third-order valence-corrected chi connectivity index (χ3v) is 19.4. The summed E-state index contributed by atoms with van der Waals surface area (Å²) in [6.07, 6.45) is 31.7. The first-order valence-electron chi connectivity index (χ1n) is 29.0. The van der Waals surface area contributed by atoms with E-state index in [-0.39, 0.29) is 34.2 Å². The van der Waals surface area contributed by atoms with Gasteiger partial charge in [-0.2, -0.15) is 0 Å². The number of pyridine rings is 4. The molecular formula is C64H89N5O3. The fourth-order valence-corrected chi connectivity index (χ4v) is 15.3. The molecule has 4 aliphatic rings. The first-order chi connectivity index (χ1) is 34.8. The second-order valence-electron chi connectivity index (χ2n) is 23.9. The fourth-order valence-electron chi connectivity index (χ4n) is 15.3. The molecule has 0 aromatic carbocycles. The van der Waals surface area contributed by atoms with Crippen molar-refractivity contribution in [1.82, 2.24) is 24.8 Å². The average molecular weight is 976 g/mol. The van der Waals surface area contributed by atoms with Gasteiger partial charge >= 0.3 is 0 Å². The van der Waals surface area contributed by atoms with Crippen molar-refractivity contribution in [2.24, 2.45) is 58.2 Å². The van der Waals surface area contributed by atoms with E-state index >= 15 is 4.79 Å². The van der Waals surface area contributed by atoms with Crippen molar-refractivity contribution in [3.8, 4) is 22.8 Å². The van der Waals surface area contributed by atoms with Crippen molar-refractivity contribution in [2.45, 2.75) is 190 Å². The van der Waals surface area contributed by atoms with E-state index in [2.05, 4.69) is 63.3 Å². The number of rotatable bonds is 24. The Labute approximate surface area is 434 Å². The van der Waals surface area contributed by atoms with Crippen molar-refractivity contribution in [1.29, 1.82) is 0 Å². The van der Waals surface area contributed by atoms with Crippen LogP contribution in [0.2, 0.25) is 0 Å². The largest absolute Gasteiger partial charge is 0.343 e. The van der Waals surface area contributed by atoms with Crippen LogP contribution in [0.25, 0.3) is 22.8 Å². The number of carbonyl (C=O) groups is 3. The topological polar surface area (TPSA) is 106 Å². The molecule has 4 aromatic rings. The summed E-state index contributed by atoms with van der Waals surface area (Å²) in [6.45, 7) is 17.9. The molecule has 0 N–H and O–H groups in total. The Balaban J connectivity index is 0.999. The minimum Gasteiger partial charge on any atom is -0.343 e. The molecule has 4 aromatic heterocycles. The Morgan fingerprint density at radius 2 is 1.19 bits per heavy atom. The second-order valence-corrected chi connectivity index (χ2v) is 23.9. The molecule has 0 spiro atoms. The highest BCUT2D eigenvalue weighted by Gasteiger charge is 2.65. The van der Waals surface area contributed by atoms with Crippen molar-refractivity contribution in [3.05, 3.63) is 95.6 Å². The first kappa shape index (κ1) is 53.7. The summed E-state index contributed by atoms with van der Waals surface area (Å²) in [7, 11) is 0. The number of unbranched alkanes of at least 4 members (excludes halogenated alkanes) is 10. The Bertz CT molecular complexity index is 2400. The van der Waals surface area contributed by atoms with Crippen LogP contribution in [0.15, 0.2) is 73.3 Å². The van der Waals surface area contributed by atoms with Gasteiger partial charge < -0.3 is 4.90 Å². The van der Waals surface area contributed by atoms with Crippen LogP contribution < -0.4 is 0 Å². The molecule has 8 heteroatoms. The predicted molar refractivity (Wildman–Crippen MR) is 292 cm³/mol. The number of amides is 1. The molecule has 4 aliphatic carbocycles. The van der Waals surface area contributed by atoms with Crippen molar-refractivity contribution in [3.63, 3.8) is 0 Å². The normalized spacial score (nSPS) is 27.1. The Hall–Kier alpha value is -4.59. The van der Waals surface area contributed by atoms with E-state index < -0.39 is 0 Å². The van der Waals surface area contributed by atoms with Gasteiger partial charge in [0.05, 0.1) is 22.8 Å². The maximum atomic E-state index is 15.5. The number of carbonyl (C=O) groups excluding carboxylic acids is 3. The summed E-state index contributed by atoms with van der Waals surface area (Å²) in [5, 5.41) is 0. The van der Waals surface area contributed by atoms with Crippen LogP contribution in [0.1, 0.15) is 208 Å². The van der Waals surface area contributed by atoms with E-state index in [9.17, 15) is 9.59 Å². The van der Waals surface area contributed by atoms with Gasteiger partial charge in [0.15, 0.2) is 11.6 Å². The van der Waals surface area contributed by atoms with Gasteiger partial charge in [-0.1, -0.05) is 98.8 Å². The van der Waals surface area contributed by atoms with E-state index in [1.807, 2.05) is 67.1 Å². The zero-order chi connectivity index (χ0) is 50.8. The molecule has 72 heavy (non-hydrogen) atoms. The molecule has 4 saturated carbocycles. The lowest BCUT2D eigenvalue weighted by molar-refractivity contribution is -0.137. The predicted octanol–water partition coefficient (Wildman–Crippen LogP) is 15.8. The number of aromatic nitrogens is 4. The van der Waals surface area contributed by atoms with Gasteiger partial charge in [0.1, 0.15) is 0 Å². The van der Waals surface area contributed by atoms with E-state index in [0.717, 1.165) is 118 Å². The Morgan fingerprint density at radius 3 is 1.75 bits per heavy atom. The molecule has 0 bridgehead atoms. The van der Waals surface area contributed by atoms with Crippen LogP contribution in [0.4, 0.5) is 0 Å². The summed E-state index contributed by atoms with van der Waals surface area (Å²) >= 11 is 0. The third-order valence-electron chi connectivity index (χ3n) is 19.4. The monoisotopic (exact) mass is 976 g/mol. The summed E-state index contributed by atoms with van der Waals surface area (Å²) in [6, 6.07) is 16.0. The molecule has 4 fully saturated rings. The molecule has 8 rings (SSSR count). The number of hydrogen-bond donors (Lipinski definition) is 0. The van der Waals surface area contributed by atoms with Crippen LogP contribution in [0, 0.1) is 72.0 Å². The zero-order valence-electron chi connectivity index (χ0n) is 45.5. The first-order valence-corrected chi connectivity index (χ1v) is 29.0. The van der Waals surface area contributed by atoms with Gasteiger partial charge in [0.25, 0.3) is 0 Å². The van der Waals surface area contributed by atoms with Crippen LogP contribution in [-0.4, -0.2) is 55.4 Å². The van der Waals surface area contributed by atoms with E-state index in [1.54, 1.807) is 6.20 Å². The third kappa shape index (κ3) is 12.0. The maximum absolute atomic E-state index is 15.5. The Kier molecular flexibility index (Phi) is 18.4. The van der Waals surface area contributed by atoms with Crippen molar-refractivity contribution in [2.75, 3.05) is 13.1 Å². The summed E-state index contributed by atoms with van der Waals surface area (Å²) in [5.41, 5.74) is 6.75. The Morgan fingerprint density at radius 1 is 0.625 bits per heavy atom. The fraction of sp³-hybridized carbons (Fsp3) is 0.641. The molecule has 4 heterocycles. The van der Waals surface area contributed by atoms with Crippen molar-refractivity contribution >= 4 is 17.5 Å². The van der Waals surface area contributed by atoms with Gasteiger partial charge in [0, 0.05) is 67.3 Å². The average Bonchev–Trinajstić information content (AvgIpc) is 3.76. The molecule has 10 atom stereocenters. The SMILES string of the molecule is CCCCCCCCN(CCCCCCCC)C(=O)CC[C@@H](C)[C@H]1CC[C@H]2[C@@H]3CC[C@@H]4C[C@H](C(=O)c5ccc(-c6cc(C)ccn6)nc5)CC[C@]4(C)[C@H]3C[C@H](C(=O)c3ccc(-c4cc(C)ccn4)nc3)[C@]12C. The van der Waals surface area contributed by atoms with E-state index in [4.69, 9.17) is 9.97 Å². The standard InChI is InChI=1S/C64H89N5O3/c1-8-10-12-14-16-18-36-69(37-19-17-15-13-11-9-2)60(70)29-20-46(5)52-25-26-53-51-24-23-50-40-47(61(71)48-21-27-56(67-42-48)58-38-44(3)31-34-65-58)30-33-63(50,6)54(51)41-55(64(52,53)7)62(72)49-22-28-57(68-43-49)59-39-45(4)32-35-66-59/h21-22,27-28,31-32,34-35,38-39,42-43,46-47,50-55H,8-20,23-26,29-30,33,36-37,40-41H2,1-7H3/t46-,47-,50-,51+,52-,53+,54+,55-,63+,64-/m1/s1. The van der Waals surface area contributed by atoms with Crippen LogP contribution in [-0.2, 0) is 4.79 Å². The molecule has 0 unspecified atom stereocenters. The molecular weight excluding hydrogens is 887 g/mol. The van der Waals surface area contributed by atoms with Crippen LogP contribution >= 0.6 is 0 Å². The highest BCUT2D eigenvalue weighted by molar-refractivity contribution is 5.99. The number of aryl methyl sites for hydroxylation is 2. The van der Waals surface area contributed by atoms with Gasteiger partial charge in [-0.25, -0.2) is 0 Å². The van der Waals surface area contributed by atoms with E-state index in [1.165, 1.54) is 64.2 Å². The molecule has 1 amide bonds. The van der Waals surface area contributed by atoms with Gasteiger partial charge in [-0.3, -0.25) is 34.3 Å². The second kappa shape index (κ2) is 24.6. The molecule has 0 radical (unpaired) electrons. The minimum atomic E-state index is -0.183. The summed E-state index contributed by atoms with van der Waals surface area (Å²) < 4.78 is 0. The summed E-state index contributed by atoms with van der Waals surface area (Å²) in [5.74, 6) is 3.17. The number of ketones is 2. The van der Waals surface area contributed by atoms with Crippen LogP contribution in [0.3, 0.4) is 0 Å². The van der Waals surface area contributed by atoms with Gasteiger partial charge in [-0.15, -0.1) is 0 Å². The number of nitrogens with zero attached hydrogens (tertiary/aromatic N) is 5. The van der Waals surface area contributed by atoms with E-state index in [0.29, 0.717) is 59.0 Å². The number of fused-ring (bicyclic) bond motifs is 5. The van der Waals surface area contributed by atoms with Crippen LogP contribution in [0.5, 0.6) is 0 Å². The lowest BCUT2D eigenvalue weighted by Gasteiger charge is -2.63. The highest BCUT2D eigenvalue weighted by atomic mass is 16.2. The quantitative estimate of drug-likeness (QED) is 0.0508. The smallest absolute Gasteiger partial charge is 0.222 e. The number of Topliss-reactive ketones (excluding diaryl/α,β-unsaturated/α-hetero) is 2. The number of hydrogen-bond acceptors (Lipinski definition) is 7. The summed E-state index contributed by atoms with van der Waals surface area (Å²) in [4.78, 5) is 65.0. The molecule has 0 saturated heterocycles. The zero-order valence-corrected chi connectivity index (χ0v) is 45.5. The van der Waals surface area contributed by atoms with Gasteiger partial charge in [0.2, 0.25) is 5.91 Å². The molecule has 0 aliphatic heterocycles.